The predicted molar refractivity (Wildman–Crippen MR) is 24.2 cm³/mol. The molecule has 0 bridgehead atoms. The molecule has 0 unspecified atom stereocenters. The van der Waals surface area contributed by atoms with E-state index in [2.05, 4.69) is 20.4 Å². The Hall–Kier alpha value is 0.492. The third-order valence-corrected chi connectivity index (χ3v) is 0.816. The number of rotatable bonds is 1. The molecule has 0 aromatic carbocycles. The minimum absolute atomic E-state index is 0. The fraction of sp³-hybridized carbons (Fsp3) is 1.00. The quantitative estimate of drug-likeness (QED) is 0.429. The Morgan fingerprint density at radius 1 is 1.80 bits per heavy atom. The molecule has 0 spiro atoms. The summed E-state index contributed by atoms with van der Waals surface area (Å²) in [6.45, 7) is 3.96. The Kier molecular flexibility index (Phi) is 2.98. The minimum Gasteiger partial charge on any atom is -1.00 e. The first-order valence-corrected chi connectivity index (χ1v) is 2.10. The first-order valence-electron chi connectivity index (χ1n) is 1.63. The van der Waals surface area contributed by atoms with E-state index in [0.29, 0.717) is 6.10 Å². The fourth-order valence-corrected chi connectivity index (χ4v) is 0. The topological polar surface area (TPSA) is 9.23 Å². The monoisotopic (exact) mass is 88.0 g/mol. The average molecular weight is 88.1 g/mol. The maximum atomic E-state index is 4.67. The van der Waals surface area contributed by atoms with Crippen molar-refractivity contribution in [2.24, 2.45) is 0 Å². The van der Waals surface area contributed by atoms with Gasteiger partial charge < -0.3 is 2.85 Å². The van der Waals surface area contributed by atoms with Crippen LogP contribution < -0.4 is 0 Å². The second-order valence-corrected chi connectivity index (χ2v) is 1.46. The van der Waals surface area contributed by atoms with E-state index in [9.17, 15) is 0 Å². The van der Waals surface area contributed by atoms with Crippen molar-refractivity contribution in [1.82, 2.24) is 0 Å². The molecule has 30 valence electrons. The molecule has 0 N–H and O–H groups in total. The van der Waals surface area contributed by atoms with E-state index >= 15 is 0 Å². The standard InChI is InChI=1S/C3H7O.Al.2H/c1-3(2)4;;;/h3H,1-2H3;;;/q-1;+3;2*-1. The normalized spacial score (nSPS) is 9.80. The molecule has 0 aliphatic heterocycles. The third kappa shape index (κ3) is 4.49. The first kappa shape index (κ1) is 5.49. The predicted octanol–water partition coefficient (Wildman–Crippen LogP) is 0.720. The van der Waals surface area contributed by atoms with Gasteiger partial charge in [-0.3, -0.25) is 0 Å². The van der Waals surface area contributed by atoms with Gasteiger partial charge in [0.2, 0.25) is 0 Å². The van der Waals surface area contributed by atoms with Crippen molar-refractivity contribution >= 4 is 16.6 Å². The summed E-state index contributed by atoms with van der Waals surface area (Å²) in [5, 5.41) is 0. The average Bonchev–Trinajstić information content (AvgIpc) is 1.38. The molecule has 0 aliphatic carbocycles. The van der Waals surface area contributed by atoms with E-state index in [1.165, 1.54) is 0 Å². The van der Waals surface area contributed by atoms with Crippen molar-refractivity contribution < 1.29 is 6.64 Å². The molecule has 0 aromatic heterocycles. The van der Waals surface area contributed by atoms with Gasteiger partial charge in [-0.05, 0) is 0 Å². The van der Waals surface area contributed by atoms with Gasteiger partial charge in [0.1, 0.15) is 0 Å². The summed E-state index contributed by atoms with van der Waals surface area (Å²) < 4.78 is 4.67. The molecule has 0 aliphatic rings. The number of hydrogen-bond acceptors (Lipinski definition) is 1. The molecule has 2 heteroatoms. The summed E-state index contributed by atoms with van der Waals surface area (Å²) in [5.74, 6) is 0. The maximum Gasteiger partial charge on any atom is -1.00 e. The zero-order valence-corrected chi connectivity index (χ0v) is 4.72. The molecule has 0 rings (SSSR count). The van der Waals surface area contributed by atoms with Gasteiger partial charge in [0.05, 0.1) is 0 Å². The first-order chi connectivity index (χ1) is 2.27. The van der Waals surface area contributed by atoms with Crippen LogP contribution in [0.1, 0.15) is 16.7 Å². The van der Waals surface area contributed by atoms with Crippen molar-refractivity contribution in [3.05, 3.63) is 0 Å². The van der Waals surface area contributed by atoms with E-state index in [-0.39, 0.29) is 2.85 Å². The minimum atomic E-state index is 0. The Morgan fingerprint density at radius 2 is 2.00 bits per heavy atom. The molecule has 0 radical (unpaired) electrons. The van der Waals surface area contributed by atoms with Gasteiger partial charge in [0.15, 0.2) is 0 Å². The van der Waals surface area contributed by atoms with Gasteiger partial charge in [-0.25, -0.2) is 0 Å². The van der Waals surface area contributed by atoms with E-state index < -0.39 is 0 Å². The van der Waals surface area contributed by atoms with Gasteiger partial charge in [-0.2, -0.15) is 0 Å². The SMILES string of the molecule is CC(C)[O][Al+2].[H-].[H-]. The Labute approximate surface area is 44.1 Å². The zero-order valence-electron chi connectivity index (χ0n) is 5.56. The van der Waals surface area contributed by atoms with Gasteiger partial charge in [-0.15, -0.1) is 0 Å². The van der Waals surface area contributed by atoms with E-state index in [1.807, 2.05) is 13.8 Å². The molecular weight excluding hydrogens is 79.0 g/mol. The molecule has 0 fully saturated rings. The summed E-state index contributed by atoms with van der Waals surface area (Å²) in [5.41, 5.74) is 0. The fourth-order valence-electron chi connectivity index (χ4n) is 0. The van der Waals surface area contributed by atoms with Crippen LogP contribution in [0.5, 0.6) is 0 Å². The Bertz CT molecular complexity index is 26.9. The smallest absolute Gasteiger partial charge is 1.00 e. The van der Waals surface area contributed by atoms with Gasteiger partial charge in [0.25, 0.3) is 0 Å². The third-order valence-electron chi connectivity index (χ3n) is 0.272. The molecule has 5 heavy (non-hydrogen) atoms. The zero-order chi connectivity index (χ0) is 4.28. The number of hydrogen-bond donors (Lipinski definition) is 0. The molecule has 0 heterocycles. The summed E-state index contributed by atoms with van der Waals surface area (Å²) >= 11 is 2.19. The Balaban J connectivity index is -0.0000000800. The van der Waals surface area contributed by atoms with Crippen molar-refractivity contribution in [3.63, 3.8) is 0 Å². The van der Waals surface area contributed by atoms with Crippen molar-refractivity contribution in [2.45, 2.75) is 20.0 Å². The van der Waals surface area contributed by atoms with E-state index in [1.54, 1.807) is 0 Å². The largest absolute Gasteiger partial charge is 1.00 e. The molecular formula is C3H9AlO. The van der Waals surface area contributed by atoms with Crippen LogP contribution in [0.4, 0.5) is 0 Å². The summed E-state index contributed by atoms with van der Waals surface area (Å²) in [6.07, 6.45) is 0.347. The molecule has 1 nitrogen and oxygen atoms in total. The van der Waals surface area contributed by atoms with Crippen LogP contribution in [0.3, 0.4) is 0 Å². The summed E-state index contributed by atoms with van der Waals surface area (Å²) in [4.78, 5) is 0. The molecule has 0 saturated carbocycles. The van der Waals surface area contributed by atoms with Crippen LogP contribution >= 0.6 is 0 Å². The van der Waals surface area contributed by atoms with Crippen LogP contribution in [0, 0.1) is 0 Å². The van der Waals surface area contributed by atoms with E-state index in [4.69, 9.17) is 0 Å². The van der Waals surface area contributed by atoms with Crippen LogP contribution in [0.2, 0.25) is 0 Å². The molecule has 0 aromatic rings. The van der Waals surface area contributed by atoms with Crippen LogP contribution in [-0.2, 0) is 3.79 Å². The second kappa shape index (κ2) is 2.72. The summed E-state index contributed by atoms with van der Waals surface area (Å²) in [7, 11) is 0. The van der Waals surface area contributed by atoms with Crippen molar-refractivity contribution in [3.8, 4) is 0 Å². The summed E-state index contributed by atoms with van der Waals surface area (Å²) in [6, 6.07) is 0. The van der Waals surface area contributed by atoms with Gasteiger partial charge in [0, 0.05) is 0 Å². The Morgan fingerprint density at radius 3 is 2.00 bits per heavy atom. The van der Waals surface area contributed by atoms with Crippen LogP contribution in [0.15, 0.2) is 0 Å². The second-order valence-electron chi connectivity index (χ2n) is 1.18. The molecule has 0 amide bonds. The van der Waals surface area contributed by atoms with Crippen LogP contribution in [0.25, 0.3) is 0 Å². The van der Waals surface area contributed by atoms with Gasteiger partial charge >= 0.3 is 40.4 Å². The maximum absolute atomic E-state index is 4.67. The van der Waals surface area contributed by atoms with Crippen molar-refractivity contribution in [2.75, 3.05) is 0 Å². The van der Waals surface area contributed by atoms with Gasteiger partial charge in [-0.1, -0.05) is 0 Å². The molecule has 0 saturated heterocycles. The van der Waals surface area contributed by atoms with E-state index in [0.717, 1.165) is 0 Å². The molecule has 0 atom stereocenters. The van der Waals surface area contributed by atoms with Crippen LogP contribution in [-0.4, -0.2) is 22.7 Å². The van der Waals surface area contributed by atoms with Crippen molar-refractivity contribution in [1.29, 1.82) is 0 Å².